The van der Waals surface area contributed by atoms with Crippen molar-refractivity contribution < 1.29 is 8.97 Å². The molecule has 6 atom stereocenters. The van der Waals surface area contributed by atoms with E-state index < -0.39 is 0 Å². The van der Waals surface area contributed by atoms with Crippen molar-refractivity contribution in [3.8, 4) is 0 Å². The van der Waals surface area contributed by atoms with Crippen molar-refractivity contribution in [3.63, 3.8) is 0 Å². The van der Waals surface area contributed by atoms with Gasteiger partial charge < -0.3 is 8.97 Å². The molecular weight excluding hydrogens is 845 g/mol. The summed E-state index contributed by atoms with van der Waals surface area (Å²) in [6, 6.07) is 0. The van der Waals surface area contributed by atoms with E-state index in [2.05, 4.69) is 28.2 Å². The van der Waals surface area contributed by atoms with Gasteiger partial charge in [-0.2, -0.15) is 0 Å². The molecule has 302 valence electrons. The normalized spacial score (nSPS) is 32.7. The summed E-state index contributed by atoms with van der Waals surface area (Å²) >= 11 is 0. The highest BCUT2D eigenvalue weighted by Crippen LogP contribution is 2.89. The van der Waals surface area contributed by atoms with Gasteiger partial charge in [0.2, 0.25) is 0 Å². The van der Waals surface area contributed by atoms with Gasteiger partial charge in [-0.05, 0) is 292 Å². The average Bonchev–Trinajstić information content (AvgIpc) is 4.30. The van der Waals surface area contributed by atoms with Gasteiger partial charge in [0.05, 0.1) is 76.0 Å². The van der Waals surface area contributed by atoms with E-state index in [4.69, 9.17) is 0 Å². The van der Waals surface area contributed by atoms with E-state index in [1.54, 1.807) is 215 Å². The second-order valence-electron chi connectivity index (χ2n) is 29.5. The van der Waals surface area contributed by atoms with Gasteiger partial charge in [0.1, 0.15) is 0 Å². The molecule has 0 saturated carbocycles. The number of hydrogen-bond donors (Lipinski definition) is 0. The van der Waals surface area contributed by atoms with Crippen molar-refractivity contribution in [1.82, 2.24) is 0 Å². The Hall–Kier alpha value is -7.10. The minimum Gasteiger partial charge on any atom is -0.326 e. The molecule has 0 bridgehead atoms. The molecule has 12 aliphatic rings. The van der Waals surface area contributed by atoms with Crippen molar-refractivity contribution in [1.29, 1.82) is 0 Å². The third-order valence-electron chi connectivity index (χ3n) is 28.0. The number of hydrogen-bond acceptors (Lipinski definition) is 0. The first-order chi connectivity index (χ1) is 34.3. The quantitative estimate of drug-likeness (QED) is 0.105. The maximum atomic E-state index is 2.70. The fourth-order valence-electron chi connectivity index (χ4n) is 29.2. The summed E-state index contributed by atoms with van der Waals surface area (Å²) in [6.07, 6.45) is 0. The van der Waals surface area contributed by atoms with Crippen LogP contribution in [0.5, 0.6) is 0 Å². The highest BCUT2D eigenvalue weighted by atomic mass is 15.4. The molecule has 6 unspecified atom stereocenters. The Bertz CT molecular complexity index is 6690. The topological polar surface area (TPSA) is 0 Å². The predicted molar refractivity (Wildman–Crippen MR) is 287 cm³/mol. The second kappa shape index (κ2) is 5.69. The number of likely N-dealkylation sites (N-methyl/N-ethyl adjacent to an activating group) is 2. The van der Waals surface area contributed by atoms with E-state index in [1.165, 1.54) is 26.2 Å². The van der Waals surface area contributed by atoms with Gasteiger partial charge in [0, 0.05) is 11.8 Å². The van der Waals surface area contributed by atoms with Gasteiger partial charge in [-0.1, -0.05) is 0 Å². The third-order valence-corrected chi connectivity index (χ3v) is 28.0. The molecule has 34 rings (SSSR count). The number of nitrogens with zero attached hydrogens (tertiary/aromatic N) is 2. The lowest BCUT2D eigenvalue weighted by Crippen LogP contribution is -2.54. The predicted octanol–water partition coefficient (Wildman–Crippen LogP) is 12.6. The minimum absolute atomic E-state index is 0.0489. The number of likely N-dealkylation sites (tertiary alicyclic amines) is 2. The highest BCUT2D eigenvalue weighted by molar-refractivity contribution is 6.76. The first-order valence-electron chi connectivity index (χ1n) is 27.2. The molecule has 0 aromatic heterocycles. The maximum absolute atomic E-state index is 2.70. The molecule has 2 nitrogen and oxygen atoms in total. The van der Waals surface area contributed by atoms with Gasteiger partial charge in [-0.15, -0.1) is 0 Å². The largest absolute Gasteiger partial charge is 0.326 e. The van der Waals surface area contributed by atoms with Crippen LogP contribution >= 0.6 is 0 Å². The Morgan fingerprint density at radius 1 is 0.229 bits per heavy atom. The van der Waals surface area contributed by atoms with Gasteiger partial charge in [0.25, 0.3) is 0 Å². The standard InChI is InChI=1S/C68H22N2/c1-69(2)5-65-57-41-29-17-9-10-14-11-15-23-31(19(11)17)43(41)59(65)49-37(23)28-36-26(15)34-22(14)30-18(10)20-12-13(9)21(29)33-25-16(12)24-32(20)44-42(30)58-46(34)48(36)62-54-39(28)51(49)63-55-53-40-27(35(25)47(45(33)57)61(53)67(63,65)7-69)38(24)50-52(40)64(56(54)55)68(62)8-70(3,4)6-66(58,68)60(44)50/h55-56H,5-8H2,1-4H3/q+2. The zero-order chi connectivity index (χ0) is 42.2. The lowest BCUT2D eigenvalue weighted by Gasteiger charge is -2.49. The van der Waals surface area contributed by atoms with Crippen LogP contribution in [0.15, 0.2) is 0 Å². The smallest absolute Gasteiger partial charge is 0.0937 e. The first kappa shape index (κ1) is 26.8. The SMILES string of the molecule is C[N+]1(C)CC23C4=c5c6c7c8c9c%10c%11c%12c%13c%14c%15c%16c%17c(c2c2c%18c%19c%20c%21c(c5c5c6c9c6c%10c9c%12c%10c%12c%13c%13c%15c%17c2c2c%18c%15c%20c%17c%18c%21c5c6c%18c9c%10c%17c%15c%12c%132)C%193C1)C4C7C=%16C81C[N+](C)(C)CC%14%111. The Labute approximate surface area is 387 Å². The van der Waals surface area contributed by atoms with E-state index in [0.29, 0.717) is 11.8 Å². The van der Waals surface area contributed by atoms with E-state index >= 15 is 0 Å². The molecule has 2 heteroatoms. The molecular formula is C68H22N2+2. The van der Waals surface area contributed by atoms with E-state index in [1.807, 2.05) is 76.9 Å². The van der Waals surface area contributed by atoms with Crippen molar-refractivity contribution in [2.45, 2.75) is 33.5 Å². The molecule has 2 fully saturated rings. The average molecular weight is 867 g/mol. The Kier molecular flexibility index (Phi) is 2.17. The van der Waals surface area contributed by atoms with Crippen molar-refractivity contribution in [2.75, 3.05) is 54.4 Å². The second-order valence-corrected chi connectivity index (χ2v) is 29.5. The van der Waals surface area contributed by atoms with Crippen LogP contribution in [0.3, 0.4) is 0 Å². The van der Waals surface area contributed by atoms with Crippen LogP contribution in [-0.4, -0.2) is 63.3 Å². The van der Waals surface area contributed by atoms with Crippen LogP contribution in [0, 0.1) is 0 Å². The number of rotatable bonds is 0. The number of benzene rings is 14. The van der Waals surface area contributed by atoms with Gasteiger partial charge >= 0.3 is 0 Å². The van der Waals surface area contributed by atoms with Crippen molar-refractivity contribution in [2.24, 2.45) is 0 Å². The van der Waals surface area contributed by atoms with E-state index in [9.17, 15) is 0 Å². The van der Waals surface area contributed by atoms with Gasteiger partial charge in [-0.25, -0.2) is 0 Å². The third kappa shape index (κ3) is 1.35. The zero-order valence-corrected chi connectivity index (χ0v) is 37.9. The molecule has 2 aliphatic heterocycles. The van der Waals surface area contributed by atoms with Crippen LogP contribution in [-0.2, 0) is 21.7 Å². The summed E-state index contributed by atoms with van der Waals surface area (Å²) in [5.41, 5.74) is 18.8. The summed E-state index contributed by atoms with van der Waals surface area (Å²) in [4.78, 5) is 0. The summed E-state index contributed by atoms with van der Waals surface area (Å²) in [5.74, 6) is 0.875. The van der Waals surface area contributed by atoms with Gasteiger partial charge in [0.15, 0.2) is 0 Å². The summed E-state index contributed by atoms with van der Waals surface area (Å²) in [6.45, 7) is 4.92. The molecule has 0 radical (unpaired) electrons. The zero-order valence-electron chi connectivity index (χ0n) is 37.9. The Morgan fingerprint density at radius 3 is 0.714 bits per heavy atom. The highest BCUT2D eigenvalue weighted by Gasteiger charge is 2.83. The number of quaternary nitrogens is 2. The van der Waals surface area contributed by atoms with Crippen LogP contribution in [0.2, 0.25) is 0 Å². The van der Waals surface area contributed by atoms with Crippen LogP contribution in [0.25, 0.3) is 237 Å². The molecule has 0 N–H and O–H groups in total. The first-order valence-corrected chi connectivity index (χ1v) is 27.2. The molecule has 22 aromatic rings. The Balaban J connectivity index is 1.19. The van der Waals surface area contributed by atoms with E-state index in [0.717, 1.165) is 8.97 Å². The lowest BCUT2D eigenvalue weighted by molar-refractivity contribution is -0.880. The summed E-state index contributed by atoms with van der Waals surface area (Å²) in [7, 11) is 10.8. The van der Waals surface area contributed by atoms with Gasteiger partial charge in [-0.3, -0.25) is 0 Å². The monoisotopic (exact) mass is 866 g/mol. The minimum atomic E-state index is -0.0713. The fourth-order valence-corrected chi connectivity index (χ4v) is 29.2. The van der Waals surface area contributed by atoms with E-state index in [-0.39, 0.29) is 21.7 Å². The summed E-state index contributed by atoms with van der Waals surface area (Å²) in [5, 5.41) is 77.1. The van der Waals surface area contributed by atoms with Crippen LogP contribution in [0.1, 0.15) is 56.3 Å². The van der Waals surface area contributed by atoms with Crippen molar-refractivity contribution >= 4 is 237 Å². The van der Waals surface area contributed by atoms with Crippen LogP contribution in [0.4, 0.5) is 0 Å². The summed E-state index contributed by atoms with van der Waals surface area (Å²) < 4.78 is 2.21. The molecule has 10 aliphatic carbocycles. The molecule has 70 heavy (non-hydrogen) atoms. The fraction of sp³-hybridized carbons (Fsp3) is 0.206. The maximum Gasteiger partial charge on any atom is 0.0937 e. The van der Waals surface area contributed by atoms with Crippen LogP contribution < -0.4 is 10.4 Å². The molecule has 4 spiro atoms. The lowest BCUT2D eigenvalue weighted by atomic mass is 9.49. The molecule has 0 amide bonds. The molecule has 2 heterocycles. The van der Waals surface area contributed by atoms with Crippen molar-refractivity contribution in [3.05, 3.63) is 54.9 Å². The Morgan fingerprint density at radius 2 is 0.429 bits per heavy atom. The molecule has 2 saturated heterocycles. The molecule has 22 aromatic carbocycles.